The van der Waals surface area contributed by atoms with Crippen molar-refractivity contribution < 1.29 is 4.74 Å². The normalized spacial score (nSPS) is 25.7. The number of nitrogen functional groups attached to an aromatic ring is 1. The Bertz CT molecular complexity index is 581. The van der Waals surface area contributed by atoms with Gasteiger partial charge >= 0.3 is 0 Å². The van der Waals surface area contributed by atoms with E-state index in [-0.39, 0.29) is 17.2 Å². The number of nitrogens with zero attached hydrogens (tertiary/aromatic N) is 2. The smallest absolute Gasteiger partial charge is 0.155 e. The third-order valence-corrected chi connectivity index (χ3v) is 4.94. The highest BCUT2D eigenvalue weighted by molar-refractivity contribution is 5.74. The lowest BCUT2D eigenvalue weighted by Crippen LogP contribution is -2.60. The van der Waals surface area contributed by atoms with Gasteiger partial charge in [-0.05, 0) is 53.4 Å². The molecule has 0 aliphatic carbocycles. The van der Waals surface area contributed by atoms with Gasteiger partial charge in [-0.1, -0.05) is 0 Å². The monoisotopic (exact) mass is 348 g/mol. The second kappa shape index (κ2) is 6.96. The largest absolute Gasteiger partial charge is 0.393 e. The van der Waals surface area contributed by atoms with E-state index in [1.165, 1.54) is 0 Å². The number of anilines is 3. The van der Waals surface area contributed by atoms with Gasteiger partial charge in [0, 0.05) is 30.3 Å². The van der Waals surface area contributed by atoms with Crippen LogP contribution in [0.5, 0.6) is 0 Å². The Labute approximate surface area is 150 Å². The molecule has 140 valence electrons. The molecular weight excluding hydrogens is 316 g/mol. The molecule has 0 bridgehead atoms. The van der Waals surface area contributed by atoms with E-state index < -0.39 is 0 Å². The molecule has 2 saturated heterocycles. The topological polar surface area (TPSA) is 97.1 Å². The van der Waals surface area contributed by atoms with Gasteiger partial charge in [-0.3, -0.25) is 0 Å². The summed E-state index contributed by atoms with van der Waals surface area (Å²) >= 11 is 0. The van der Waals surface area contributed by atoms with E-state index in [9.17, 15) is 0 Å². The molecule has 1 unspecified atom stereocenters. The van der Waals surface area contributed by atoms with Crippen LogP contribution in [0.4, 0.5) is 17.3 Å². The van der Waals surface area contributed by atoms with E-state index in [2.05, 4.69) is 53.6 Å². The van der Waals surface area contributed by atoms with Gasteiger partial charge in [0.2, 0.25) is 0 Å². The van der Waals surface area contributed by atoms with Crippen molar-refractivity contribution in [1.29, 1.82) is 0 Å². The van der Waals surface area contributed by atoms with Crippen LogP contribution < -0.4 is 21.7 Å². The number of aromatic nitrogens is 2. The van der Waals surface area contributed by atoms with Gasteiger partial charge in [0.1, 0.15) is 12.0 Å². The fourth-order valence-corrected chi connectivity index (χ4v) is 4.28. The molecule has 7 nitrogen and oxygen atoms in total. The van der Waals surface area contributed by atoms with Crippen molar-refractivity contribution in [3.05, 3.63) is 6.33 Å². The molecule has 2 fully saturated rings. The zero-order valence-corrected chi connectivity index (χ0v) is 15.9. The molecule has 2 aliphatic rings. The van der Waals surface area contributed by atoms with E-state index in [1.54, 1.807) is 6.33 Å². The quantitative estimate of drug-likeness (QED) is 0.648. The van der Waals surface area contributed by atoms with E-state index in [4.69, 9.17) is 10.5 Å². The second-order valence-electron chi connectivity index (χ2n) is 8.64. The molecule has 5 N–H and O–H groups in total. The SMILES string of the molecule is CC1(C)CC(Nc2ncnc(NCC3CCCO3)c2N)CC(C)(C)N1. The number of nitrogens with two attached hydrogens (primary N) is 1. The van der Waals surface area contributed by atoms with Crippen molar-refractivity contribution in [2.24, 2.45) is 0 Å². The summed E-state index contributed by atoms with van der Waals surface area (Å²) in [6.07, 6.45) is 6.05. The zero-order valence-electron chi connectivity index (χ0n) is 15.9. The van der Waals surface area contributed by atoms with Crippen molar-refractivity contribution >= 4 is 17.3 Å². The minimum atomic E-state index is 0.0715. The number of piperidine rings is 1. The third kappa shape index (κ3) is 4.73. The fourth-order valence-electron chi connectivity index (χ4n) is 4.28. The molecular formula is C18H32N6O. The predicted molar refractivity (Wildman–Crippen MR) is 102 cm³/mol. The van der Waals surface area contributed by atoms with Crippen molar-refractivity contribution in [2.45, 2.75) is 76.6 Å². The molecule has 1 aromatic rings. The molecule has 0 amide bonds. The summed E-state index contributed by atoms with van der Waals surface area (Å²) in [6, 6.07) is 0.314. The fraction of sp³-hybridized carbons (Fsp3) is 0.778. The zero-order chi connectivity index (χ0) is 18.1. The van der Waals surface area contributed by atoms with Crippen LogP contribution in [0.1, 0.15) is 53.4 Å². The average Bonchev–Trinajstić information content (AvgIpc) is 2.98. The van der Waals surface area contributed by atoms with E-state index in [0.717, 1.165) is 38.8 Å². The number of nitrogens with one attached hydrogen (secondary N) is 3. The Balaban J connectivity index is 1.66. The standard InChI is InChI=1S/C18H32N6O/c1-17(2)8-12(9-18(3,4)24-17)23-16-14(19)15(21-11-22-16)20-10-13-6-5-7-25-13/h11-13,24H,5-10,19H2,1-4H3,(H2,20,21,22,23). The first-order chi connectivity index (χ1) is 11.7. The lowest BCUT2D eigenvalue weighted by molar-refractivity contribution is 0.120. The summed E-state index contributed by atoms with van der Waals surface area (Å²) < 4.78 is 5.64. The van der Waals surface area contributed by atoms with Crippen molar-refractivity contribution in [3.8, 4) is 0 Å². The van der Waals surface area contributed by atoms with Crippen LogP contribution in [0.25, 0.3) is 0 Å². The second-order valence-corrected chi connectivity index (χ2v) is 8.64. The van der Waals surface area contributed by atoms with Gasteiger partial charge in [0.15, 0.2) is 11.6 Å². The molecule has 3 rings (SSSR count). The summed E-state index contributed by atoms with van der Waals surface area (Å²) in [5.41, 5.74) is 7.04. The molecule has 0 saturated carbocycles. The molecule has 25 heavy (non-hydrogen) atoms. The molecule has 2 aliphatic heterocycles. The Kier molecular flexibility index (Phi) is 5.06. The molecule has 0 radical (unpaired) electrons. The summed E-state index contributed by atoms with van der Waals surface area (Å²) in [5.74, 6) is 1.39. The highest BCUT2D eigenvalue weighted by Gasteiger charge is 2.37. The molecule has 1 aromatic heterocycles. The average molecular weight is 348 g/mol. The van der Waals surface area contributed by atoms with Crippen LogP contribution in [-0.4, -0.2) is 46.3 Å². The van der Waals surface area contributed by atoms with Gasteiger partial charge in [0.25, 0.3) is 0 Å². The first-order valence-corrected chi connectivity index (χ1v) is 9.26. The van der Waals surface area contributed by atoms with Crippen molar-refractivity contribution in [3.63, 3.8) is 0 Å². The Hall–Kier alpha value is -1.60. The lowest BCUT2D eigenvalue weighted by atomic mass is 9.79. The minimum Gasteiger partial charge on any atom is -0.393 e. The van der Waals surface area contributed by atoms with Crippen LogP contribution in [0.2, 0.25) is 0 Å². The third-order valence-electron chi connectivity index (χ3n) is 4.94. The molecule has 7 heteroatoms. The maximum atomic E-state index is 6.31. The number of hydrogen-bond acceptors (Lipinski definition) is 7. The summed E-state index contributed by atoms with van der Waals surface area (Å²) in [4.78, 5) is 8.66. The van der Waals surface area contributed by atoms with Crippen LogP contribution in [0.3, 0.4) is 0 Å². The first-order valence-electron chi connectivity index (χ1n) is 9.26. The highest BCUT2D eigenvalue weighted by atomic mass is 16.5. The molecule has 0 aromatic carbocycles. The van der Waals surface area contributed by atoms with Gasteiger partial charge in [-0.15, -0.1) is 0 Å². The number of ether oxygens (including phenoxy) is 1. The summed E-state index contributed by atoms with van der Waals surface area (Å²) in [5, 5.41) is 10.5. The first kappa shape index (κ1) is 18.2. The summed E-state index contributed by atoms with van der Waals surface area (Å²) in [7, 11) is 0. The Morgan fingerprint density at radius 3 is 2.52 bits per heavy atom. The van der Waals surface area contributed by atoms with Crippen LogP contribution in [0, 0.1) is 0 Å². The molecule has 1 atom stereocenters. The summed E-state index contributed by atoms with van der Waals surface area (Å²) in [6.45, 7) is 10.5. The van der Waals surface area contributed by atoms with Gasteiger partial charge in [-0.2, -0.15) is 0 Å². The van der Waals surface area contributed by atoms with E-state index in [1.807, 2.05) is 0 Å². The maximum Gasteiger partial charge on any atom is 0.155 e. The van der Waals surface area contributed by atoms with Crippen molar-refractivity contribution in [1.82, 2.24) is 15.3 Å². The van der Waals surface area contributed by atoms with E-state index >= 15 is 0 Å². The molecule has 3 heterocycles. The van der Waals surface area contributed by atoms with Crippen LogP contribution in [-0.2, 0) is 4.74 Å². The van der Waals surface area contributed by atoms with Crippen LogP contribution >= 0.6 is 0 Å². The Morgan fingerprint density at radius 1 is 1.20 bits per heavy atom. The lowest BCUT2D eigenvalue weighted by Gasteiger charge is -2.46. The Morgan fingerprint density at radius 2 is 1.88 bits per heavy atom. The van der Waals surface area contributed by atoms with Crippen molar-refractivity contribution in [2.75, 3.05) is 29.5 Å². The minimum absolute atomic E-state index is 0.0715. The maximum absolute atomic E-state index is 6.31. The molecule has 0 spiro atoms. The van der Waals surface area contributed by atoms with Gasteiger partial charge in [-0.25, -0.2) is 9.97 Å². The number of hydrogen-bond donors (Lipinski definition) is 4. The van der Waals surface area contributed by atoms with E-state index in [0.29, 0.717) is 23.4 Å². The van der Waals surface area contributed by atoms with Crippen LogP contribution in [0.15, 0.2) is 6.33 Å². The number of rotatable bonds is 5. The predicted octanol–water partition coefficient (Wildman–Crippen LogP) is 2.37. The van der Waals surface area contributed by atoms with Gasteiger partial charge in [0.05, 0.1) is 6.10 Å². The highest BCUT2D eigenvalue weighted by Crippen LogP contribution is 2.32. The van der Waals surface area contributed by atoms with Gasteiger partial charge < -0.3 is 26.4 Å².